The van der Waals surface area contributed by atoms with Crippen molar-refractivity contribution < 1.29 is 4.79 Å². The van der Waals surface area contributed by atoms with Gasteiger partial charge in [0.2, 0.25) is 5.91 Å². The molecule has 0 saturated carbocycles. The van der Waals surface area contributed by atoms with E-state index >= 15 is 0 Å². The van der Waals surface area contributed by atoms with Crippen LogP contribution in [0, 0.1) is 5.41 Å². The number of amides is 1. The van der Waals surface area contributed by atoms with Gasteiger partial charge in [0.15, 0.2) is 0 Å². The van der Waals surface area contributed by atoms with Crippen LogP contribution in [0.1, 0.15) is 37.7 Å². The summed E-state index contributed by atoms with van der Waals surface area (Å²) < 4.78 is 0. The molecule has 0 bridgehead atoms. The van der Waals surface area contributed by atoms with Crippen LogP contribution in [0.25, 0.3) is 0 Å². The van der Waals surface area contributed by atoms with Crippen molar-refractivity contribution in [1.82, 2.24) is 25.8 Å². The minimum absolute atomic E-state index is 0.0281. The Morgan fingerprint density at radius 3 is 2.69 bits per heavy atom. The van der Waals surface area contributed by atoms with E-state index in [1.807, 2.05) is 12.3 Å². The van der Waals surface area contributed by atoms with Crippen LogP contribution >= 0.6 is 0 Å². The van der Waals surface area contributed by atoms with E-state index in [4.69, 9.17) is 0 Å². The topological polar surface area (TPSA) is 69.3 Å². The highest BCUT2D eigenvalue weighted by atomic mass is 16.2. The molecule has 1 amide bonds. The Labute approximate surface area is 156 Å². The van der Waals surface area contributed by atoms with Crippen LogP contribution < -0.4 is 16.0 Å². The third-order valence-corrected chi connectivity index (χ3v) is 6.43. The van der Waals surface area contributed by atoms with Crippen molar-refractivity contribution in [2.45, 2.75) is 50.7 Å². The number of nitrogens with one attached hydrogen (secondary N) is 3. The molecule has 6 nitrogen and oxygen atoms in total. The van der Waals surface area contributed by atoms with Crippen molar-refractivity contribution in [3.63, 3.8) is 0 Å². The zero-order valence-electron chi connectivity index (χ0n) is 15.5. The molecule has 1 atom stereocenters. The van der Waals surface area contributed by atoms with E-state index in [0.717, 1.165) is 57.5 Å². The van der Waals surface area contributed by atoms with Crippen molar-refractivity contribution in [2.75, 3.05) is 32.7 Å². The highest BCUT2D eigenvalue weighted by molar-refractivity contribution is 5.82. The maximum Gasteiger partial charge on any atom is 0.240 e. The first kappa shape index (κ1) is 17.9. The van der Waals surface area contributed by atoms with E-state index in [2.05, 4.69) is 31.9 Å². The molecular formula is C20H31N5O. The Morgan fingerprint density at radius 1 is 1.19 bits per heavy atom. The van der Waals surface area contributed by atoms with Crippen molar-refractivity contribution in [3.05, 3.63) is 30.1 Å². The largest absolute Gasteiger partial charge is 0.334 e. The van der Waals surface area contributed by atoms with Gasteiger partial charge in [-0.05, 0) is 75.3 Å². The second kappa shape index (κ2) is 8.03. The number of rotatable bonds is 4. The lowest BCUT2D eigenvalue weighted by molar-refractivity contribution is -0.137. The minimum atomic E-state index is -0.0281. The van der Waals surface area contributed by atoms with Crippen molar-refractivity contribution in [3.8, 4) is 0 Å². The van der Waals surface area contributed by atoms with E-state index in [9.17, 15) is 4.79 Å². The van der Waals surface area contributed by atoms with E-state index < -0.39 is 0 Å². The Morgan fingerprint density at radius 2 is 1.96 bits per heavy atom. The Hall–Kier alpha value is -1.50. The molecule has 0 aliphatic carbocycles. The molecule has 6 heteroatoms. The molecule has 26 heavy (non-hydrogen) atoms. The molecule has 4 heterocycles. The molecule has 0 aromatic carbocycles. The molecule has 3 saturated heterocycles. The van der Waals surface area contributed by atoms with E-state index in [-0.39, 0.29) is 11.9 Å². The standard InChI is InChI=1S/C20H31N5O/c26-19(18-12-20(15-24-18)5-10-22-11-6-20)25(17-3-8-21-9-4-17)14-16-2-1-7-23-13-16/h1-2,7,13,17-18,21-22,24H,3-6,8-12,14-15H2. The molecule has 3 aliphatic rings. The third kappa shape index (κ3) is 3.92. The first-order valence-corrected chi connectivity index (χ1v) is 10.1. The maximum absolute atomic E-state index is 13.5. The summed E-state index contributed by atoms with van der Waals surface area (Å²) in [6.07, 6.45) is 9.10. The normalized spacial score (nSPS) is 26.1. The number of hydrogen-bond donors (Lipinski definition) is 3. The molecule has 1 unspecified atom stereocenters. The minimum Gasteiger partial charge on any atom is -0.334 e. The van der Waals surface area contributed by atoms with Gasteiger partial charge in [0.25, 0.3) is 0 Å². The van der Waals surface area contributed by atoms with Crippen LogP contribution in [0.15, 0.2) is 24.5 Å². The summed E-state index contributed by atoms with van der Waals surface area (Å²) in [5.41, 5.74) is 1.44. The van der Waals surface area contributed by atoms with Gasteiger partial charge < -0.3 is 20.9 Å². The summed E-state index contributed by atoms with van der Waals surface area (Å²) in [5.74, 6) is 0.288. The van der Waals surface area contributed by atoms with Crippen LogP contribution in [0.5, 0.6) is 0 Å². The predicted octanol–water partition coefficient (Wildman–Crippen LogP) is 0.894. The quantitative estimate of drug-likeness (QED) is 0.747. The van der Waals surface area contributed by atoms with Gasteiger partial charge in [0.1, 0.15) is 0 Å². The second-order valence-electron chi connectivity index (χ2n) is 8.20. The Balaban J connectivity index is 1.48. The van der Waals surface area contributed by atoms with Crippen LogP contribution in [0.3, 0.4) is 0 Å². The fraction of sp³-hybridized carbons (Fsp3) is 0.700. The van der Waals surface area contributed by atoms with Crippen molar-refractivity contribution in [2.24, 2.45) is 5.41 Å². The third-order valence-electron chi connectivity index (χ3n) is 6.43. The summed E-state index contributed by atoms with van der Waals surface area (Å²) in [6.45, 7) is 5.80. The van der Waals surface area contributed by atoms with E-state index in [1.165, 1.54) is 12.8 Å². The molecule has 3 aliphatic heterocycles. The summed E-state index contributed by atoms with van der Waals surface area (Å²) in [6, 6.07) is 4.33. The number of hydrogen-bond acceptors (Lipinski definition) is 5. The first-order valence-electron chi connectivity index (χ1n) is 10.1. The first-order chi connectivity index (χ1) is 12.8. The zero-order valence-corrected chi connectivity index (χ0v) is 15.5. The zero-order chi connectivity index (χ0) is 17.8. The highest BCUT2D eigenvalue weighted by Crippen LogP contribution is 2.38. The summed E-state index contributed by atoms with van der Waals surface area (Å²) in [4.78, 5) is 19.9. The van der Waals surface area contributed by atoms with Gasteiger partial charge in [-0.2, -0.15) is 0 Å². The van der Waals surface area contributed by atoms with E-state index in [0.29, 0.717) is 18.0 Å². The monoisotopic (exact) mass is 357 g/mol. The van der Waals surface area contributed by atoms with Gasteiger partial charge in [0.05, 0.1) is 6.04 Å². The van der Waals surface area contributed by atoms with Gasteiger partial charge in [-0.3, -0.25) is 9.78 Å². The van der Waals surface area contributed by atoms with Gasteiger partial charge in [0, 0.05) is 31.5 Å². The number of pyridine rings is 1. The van der Waals surface area contributed by atoms with E-state index in [1.54, 1.807) is 6.20 Å². The molecule has 4 rings (SSSR count). The number of nitrogens with zero attached hydrogens (tertiary/aromatic N) is 2. The van der Waals surface area contributed by atoms with Crippen LogP contribution in [-0.2, 0) is 11.3 Å². The van der Waals surface area contributed by atoms with Gasteiger partial charge in [-0.25, -0.2) is 0 Å². The van der Waals surface area contributed by atoms with Crippen LogP contribution in [0.4, 0.5) is 0 Å². The maximum atomic E-state index is 13.5. The molecular weight excluding hydrogens is 326 g/mol. The molecule has 3 N–H and O–H groups in total. The Bertz CT molecular complexity index is 595. The van der Waals surface area contributed by atoms with Crippen LogP contribution in [0.2, 0.25) is 0 Å². The lowest BCUT2D eigenvalue weighted by Crippen LogP contribution is -2.51. The fourth-order valence-corrected chi connectivity index (χ4v) is 4.82. The van der Waals surface area contributed by atoms with Gasteiger partial charge in [-0.15, -0.1) is 0 Å². The van der Waals surface area contributed by atoms with Crippen LogP contribution in [-0.4, -0.2) is 60.6 Å². The predicted molar refractivity (Wildman–Crippen MR) is 102 cm³/mol. The average molecular weight is 358 g/mol. The fourth-order valence-electron chi connectivity index (χ4n) is 4.82. The smallest absolute Gasteiger partial charge is 0.240 e. The molecule has 1 aromatic rings. The van der Waals surface area contributed by atoms with Gasteiger partial charge >= 0.3 is 0 Å². The number of aromatic nitrogens is 1. The second-order valence-corrected chi connectivity index (χ2v) is 8.20. The highest BCUT2D eigenvalue weighted by Gasteiger charge is 2.44. The molecule has 1 aromatic heterocycles. The van der Waals surface area contributed by atoms with Gasteiger partial charge in [-0.1, -0.05) is 6.07 Å². The lowest BCUT2D eigenvalue weighted by Gasteiger charge is -2.37. The molecule has 142 valence electrons. The van der Waals surface area contributed by atoms with Crippen molar-refractivity contribution >= 4 is 5.91 Å². The molecule has 0 radical (unpaired) electrons. The summed E-state index contributed by atoms with van der Waals surface area (Å²) in [7, 11) is 0. The summed E-state index contributed by atoms with van der Waals surface area (Å²) >= 11 is 0. The average Bonchev–Trinajstić information content (AvgIpc) is 3.11. The van der Waals surface area contributed by atoms with Crippen molar-refractivity contribution in [1.29, 1.82) is 0 Å². The molecule has 1 spiro atoms. The summed E-state index contributed by atoms with van der Waals surface area (Å²) in [5, 5.41) is 10.4. The molecule has 3 fully saturated rings. The Kier molecular flexibility index (Phi) is 5.52. The lowest BCUT2D eigenvalue weighted by atomic mass is 9.77. The number of piperidine rings is 2. The number of carbonyl (C=O) groups excluding carboxylic acids is 1. The number of carbonyl (C=O) groups is 1. The SMILES string of the molecule is O=C(C1CC2(CCNCC2)CN1)N(Cc1cccnc1)C1CCNCC1.